The van der Waals surface area contributed by atoms with Crippen LogP contribution in [-0.2, 0) is 0 Å². The van der Waals surface area contributed by atoms with E-state index in [0.717, 1.165) is 19.1 Å². The molecule has 0 aromatic rings. The third-order valence-corrected chi connectivity index (χ3v) is 5.06. The molecule has 0 aromatic heterocycles. The van der Waals surface area contributed by atoms with E-state index in [9.17, 15) is 0 Å². The Bertz CT molecular complexity index is 109. The Hall–Kier alpha value is -0.123. The molecule has 0 fully saturated rings. The van der Waals surface area contributed by atoms with Gasteiger partial charge in [0.1, 0.15) is 0 Å². The minimum atomic E-state index is -1.37. The van der Waals surface area contributed by atoms with Crippen LogP contribution in [-0.4, -0.2) is 21.5 Å². The largest absolute Gasteiger partial charge is 0.326 e. The van der Waals surface area contributed by atoms with Gasteiger partial charge in [-0.25, -0.2) is 0 Å². The second-order valence-electron chi connectivity index (χ2n) is 2.89. The van der Waals surface area contributed by atoms with E-state index < -0.39 is 8.40 Å². The van der Waals surface area contributed by atoms with Crippen LogP contribution >= 0.6 is 0 Å². The number of hydrogen-bond donors (Lipinski definition) is 2. The molecule has 0 amide bonds. The van der Waals surface area contributed by atoms with Crippen LogP contribution in [0.15, 0.2) is 12.7 Å². The number of nitrogens with one attached hydrogen (secondary N) is 2. The van der Waals surface area contributed by atoms with Gasteiger partial charge in [0.05, 0.1) is 0 Å². The first kappa shape index (κ1) is 10.9. The summed E-state index contributed by atoms with van der Waals surface area (Å²) in [5.74, 6) is 0. The summed E-state index contributed by atoms with van der Waals surface area (Å²) in [4.78, 5) is 7.03. The van der Waals surface area contributed by atoms with Gasteiger partial charge in [-0.3, -0.25) is 0 Å². The Morgan fingerprint density at radius 3 is 2.00 bits per heavy atom. The highest BCUT2D eigenvalue weighted by atomic mass is 28.3. The molecule has 0 saturated heterocycles. The zero-order chi connectivity index (χ0) is 8.74. The topological polar surface area (TPSA) is 24.1 Å². The minimum absolute atomic E-state index is 1.05. The van der Waals surface area contributed by atoms with Gasteiger partial charge in [-0.05, 0) is 25.7 Å². The summed E-state index contributed by atoms with van der Waals surface area (Å²) in [5, 5.41) is 0. The number of rotatable bonds is 6. The monoisotopic (exact) mass is 172 g/mol. The number of hydrogen-bond acceptors (Lipinski definition) is 2. The average Bonchev–Trinajstić information content (AvgIpc) is 1.88. The maximum Gasteiger partial charge on any atom is 0.202 e. The Kier molecular flexibility index (Phi) is 5.46. The third-order valence-electron chi connectivity index (χ3n) is 1.69. The Morgan fingerprint density at radius 2 is 1.73 bits per heavy atom. The summed E-state index contributed by atoms with van der Waals surface area (Å²) in [7, 11) is -1.37. The smallest absolute Gasteiger partial charge is 0.202 e. The van der Waals surface area contributed by atoms with Crippen molar-refractivity contribution >= 4 is 8.40 Å². The first-order valence-corrected chi connectivity index (χ1v) is 7.00. The van der Waals surface area contributed by atoms with E-state index in [0.29, 0.717) is 0 Å². The Balaban J connectivity index is 3.88. The molecule has 3 heteroatoms. The van der Waals surface area contributed by atoms with Crippen molar-refractivity contribution in [2.45, 2.75) is 26.4 Å². The van der Waals surface area contributed by atoms with Crippen LogP contribution in [0.5, 0.6) is 0 Å². The lowest BCUT2D eigenvalue weighted by Crippen LogP contribution is -2.59. The highest BCUT2D eigenvalue weighted by Crippen LogP contribution is 2.00. The first-order valence-electron chi connectivity index (χ1n) is 4.29. The molecule has 0 aliphatic rings. The van der Waals surface area contributed by atoms with Gasteiger partial charge in [0, 0.05) is 0 Å². The second kappa shape index (κ2) is 5.52. The summed E-state index contributed by atoms with van der Waals surface area (Å²) in [6.45, 7) is 12.4. The first-order chi connectivity index (χ1) is 5.18. The van der Waals surface area contributed by atoms with E-state index >= 15 is 0 Å². The molecule has 0 aromatic carbocycles. The van der Waals surface area contributed by atoms with Crippen molar-refractivity contribution in [2.75, 3.05) is 13.1 Å². The molecule has 0 atom stereocenters. The van der Waals surface area contributed by atoms with Crippen LogP contribution in [0, 0.1) is 0 Å². The van der Waals surface area contributed by atoms with Crippen LogP contribution in [0.25, 0.3) is 0 Å². The van der Waals surface area contributed by atoms with Crippen molar-refractivity contribution < 1.29 is 0 Å². The van der Waals surface area contributed by atoms with Crippen LogP contribution in [0.2, 0.25) is 12.6 Å². The summed E-state index contributed by atoms with van der Waals surface area (Å²) < 4.78 is 0. The van der Waals surface area contributed by atoms with E-state index in [1.165, 1.54) is 0 Å². The predicted octanol–water partition coefficient (Wildman–Crippen LogP) is 1.46. The molecule has 0 saturated carbocycles. The van der Waals surface area contributed by atoms with Gasteiger partial charge in [-0.2, -0.15) is 0 Å². The normalized spacial score (nSPS) is 11.5. The van der Waals surface area contributed by atoms with Gasteiger partial charge in [0.15, 0.2) is 0 Å². The molecule has 0 radical (unpaired) electrons. The lowest BCUT2D eigenvalue weighted by Gasteiger charge is -2.27. The second-order valence-corrected chi connectivity index (χ2v) is 6.67. The molecule has 11 heavy (non-hydrogen) atoms. The predicted molar refractivity (Wildman–Crippen MR) is 54.0 cm³/mol. The molecule has 0 heterocycles. The maximum absolute atomic E-state index is 3.76. The van der Waals surface area contributed by atoms with Crippen molar-refractivity contribution in [2.24, 2.45) is 0 Å². The van der Waals surface area contributed by atoms with E-state index in [-0.39, 0.29) is 0 Å². The Morgan fingerprint density at radius 1 is 1.27 bits per heavy atom. The molecule has 0 bridgehead atoms. The Labute approximate surface area is 71.2 Å². The lowest BCUT2D eigenvalue weighted by molar-refractivity contribution is 0.855. The SMILES string of the molecule is C=CC[Si](C)(NCC)NCC. The van der Waals surface area contributed by atoms with Crippen molar-refractivity contribution in [1.82, 2.24) is 9.96 Å². The summed E-state index contributed by atoms with van der Waals surface area (Å²) >= 11 is 0. The standard InChI is InChI=1S/C8H20N2Si/c1-5-8-11(4,9-6-2)10-7-3/h5,9-10H,1,6-8H2,2-4H3. The zero-order valence-corrected chi connectivity index (χ0v) is 8.91. The number of allylic oxidation sites excluding steroid dienone is 1. The maximum atomic E-state index is 3.76. The summed E-state index contributed by atoms with van der Waals surface area (Å²) in [6.07, 6.45) is 2.00. The fourth-order valence-corrected chi connectivity index (χ4v) is 3.83. The van der Waals surface area contributed by atoms with Gasteiger partial charge in [0.25, 0.3) is 0 Å². The fourth-order valence-electron chi connectivity index (χ4n) is 1.28. The van der Waals surface area contributed by atoms with E-state index in [4.69, 9.17) is 0 Å². The molecule has 2 nitrogen and oxygen atoms in total. The third kappa shape index (κ3) is 4.34. The molecule has 0 rings (SSSR count). The molecular formula is C8H20N2Si. The zero-order valence-electron chi connectivity index (χ0n) is 7.91. The van der Waals surface area contributed by atoms with Crippen molar-refractivity contribution in [1.29, 1.82) is 0 Å². The average molecular weight is 172 g/mol. The van der Waals surface area contributed by atoms with E-state index in [1.54, 1.807) is 0 Å². The summed E-state index contributed by atoms with van der Waals surface area (Å²) in [5.41, 5.74) is 0. The van der Waals surface area contributed by atoms with Crippen LogP contribution in [0.3, 0.4) is 0 Å². The fraction of sp³-hybridized carbons (Fsp3) is 0.750. The summed E-state index contributed by atoms with van der Waals surface area (Å²) in [6, 6.07) is 1.09. The molecule has 0 spiro atoms. The van der Waals surface area contributed by atoms with Gasteiger partial charge in [-0.1, -0.05) is 19.9 Å². The van der Waals surface area contributed by atoms with Crippen molar-refractivity contribution in [3.63, 3.8) is 0 Å². The van der Waals surface area contributed by atoms with E-state index in [2.05, 4.69) is 36.9 Å². The van der Waals surface area contributed by atoms with Gasteiger partial charge in [-0.15, -0.1) is 6.58 Å². The van der Waals surface area contributed by atoms with Crippen LogP contribution in [0.4, 0.5) is 0 Å². The molecule has 0 aliphatic heterocycles. The van der Waals surface area contributed by atoms with Crippen molar-refractivity contribution in [3.8, 4) is 0 Å². The van der Waals surface area contributed by atoms with Crippen molar-refractivity contribution in [3.05, 3.63) is 12.7 Å². The van der Waals surface area contributed by atoms with Gasteiger partial charge < -0.3 is 9.96 Å². The molecule has 0 aliphatic carbocycles. The molecular weight excluding hydrogens is 152 g/mol. The van der Waals surface area contributed by atoms with Crippen LogP contribution < -0.4 is 9.96 Å². The highest BCUT2D eigenvalue weighted by molar-refractivity contribution is 6.74. The lowest BCUT2D eigenvalue weighted by atomic mass is 10.8. The molecule has 2 N–H and O–H groups in total. The van der Waals surface area contributed by atoms with Crippen LogP contribution in [0.1, 0.15) is 13.8 Å². The molecule has 66 valence electrons. The van der Waals surface area contributed by atoms with Gasteiger partial charge in [0.2, 0.25) is 8.40 Å². The molecule has 0 unspecified atom stereocenters. The highest BCUT2D eigenvalue weighted by Gasteiger charge is 2.22. The minimum Gasteiger partial charge on any atom is -0.326 e. The van der Waals surface area contributed by atoms with Gasteiger partial charge >= 0.3 is 0 Å². The quantitative estimate of drug-likeness (QED) is 0.468. The van der Waals surface area contributed by atoms with E-state index in [1.807, 2.05) is 6.08 Å².